The van der Waals surface area contributed by atoms with Crippen molar-refractivity contribution in [3.8, 4) is 11.5 Å². The van der Waals surface area contributed by atoms with Crippen LogP contribution in [0.2, 0.25) is 0 Å². The first-order valence-electron chi connectivity index (χ1n) is 7.29. The second-order valence-corrected chi connectivity index (χ2v) is 5.55. The summed E-state index contributed by atoms with van der Waals surface area (Å²) in [5, 5.41) is 0. The quantitative estimate of drug-likeness (QED) is 0.940. The smallest absolute Gasteiger partial charge is 0.124 e. The first kappa shape index (κ1) is 14.0. The molecule has 2 aromatic carbocycles. The summed E-state index contributed by atoms with van der Waals surface area (Å²) in [4.78, 5) is 0. The molecule has 0 spiro atoms. The van der Waals surface area contributed by atoms with Gasteiger partial charge in [-0.25, -0.2) is 0 Å². The minimum absolute atomic E-state index is 0.519. The standard InChI is InChI=1S/C18H21NO2/c1-20-14-10-9-13-6-5-11-18(19,16(13)12-14)15-7-3-4-8-17(15)21-2/h3-4,7-10,12H,5-6,11,19H2,1-2H3. The van der Waals surface area contributed by atoms with E-state index in [-0.39, 0.29) is 0 Å². The summed E-state index contributed by atoms with van der Waals surface area (Å²) in [6.07, 6.45) is 3.05. The Morgan fingerprint density at radius 1 is 1.00 bits per heavy atom. The van der Waals surface area contributed by atoms with Crippen molar-refractivity contribution in [2.24, 2.45) is 5.73 Å². The molecule has 0 saturated carbocycles. The largest absolute Gasteiger partial charge is 0.497 e. The SMILES string of the molecule is COc1ccc2c(c1)C(N)(c1ccccc1OC)CCC2. The van der Waals surface area contributed by atoms with Gasteiger partial charge < -0.3 is 15.2 Å². The Morgan fingerprint density at radius 3 is 2.57 bits per heavy atom. The third kappa shape index (κ3) is 2.28. The summed E-state index contributed by atoms with van der Waals surface area (Å²) >= 11 is 0. The van der Waals surface area contributed by atoms with E-state index in [1.165, 1.54) is 5.56 Å². The van der Waals surface area contributed by atoms with Crippen LogP contribution in [0.15, 0.2) is 42.5 Å². The minimum atomic E-state index is -0.519. The van der Waals surface area contributed by atoms with Crippen molar-refractivity contribution in [1.29, 1.82) is 0 Å². The summed E-state index contributed by atoms with van der Waals surface area (Å²) in [5.74, 6) is 1.69. The van der Waals surface area contributed by atoms with Crippen LogP contribution >= 0.6 is 0 Å². The number of rotatable bonds is 3. The van der Waals surface area contributed by atoms with Gasteiger partial charge in [0, 0.05) is 5.56 Å². The molecular weight excluding hydrogens is 262 g/mol. The van der Waals surface area contributed by atoms with Crippen LogP contribution in [-0.2, 0) is 12.0 Å². The summed E-state index contributed by atoms with van der Waals surface area (Å²) in [6.45, 7) is 0. The number of fused-ring (bicyclic) bond motifs is 1. The van der Waals surface area contributed by atoms with Gasteiger partial charge in [-0.15, -0.1) is 0 Å². The fourth-order valence-electron chi connectivity index (χ4n) is 3.30. The van der Waals surface area contributed by atoms with Crippen molar-refractivity contribution in [3.63, 3.8) is 0 Å². The molecule has 0 amide bonds. The molecule has 3 heteroatoms. The van der Waals surface area contributed by atoms with Gasteiger partial charge in [0.2, 0.25) is 0 Å². The number of para-hydroxylation sites is 1. The molecule has 0 heterocycles. The third-order valence-electron chi connectivity index (χ3n) is 4.40. The molecule has 3 rings (SSSR count). The molecule has 110 valence electrons. The van der Waals surface area contributed by atoms with E-state index in [2.05, 4.69) is 18.2 Å². The predicted molar refractivity (Wildman–Crippen MR) is 83.9 cm³/mol. The third-order valence-corrected chi connectivity index (χ3v) is 4.40. The van der Waals surface area contributed by atoms with E-state index in [1.807, 2.05) is 24.3 Å². The zero-order chi connectivity index (χ0) is 14.9. The van der Waals surface area contributed by atoms with Crippen LogP contribution in [0.1, 0.15) is 29.5 Å². The number of methoxy groups -OCH3 is 2. The summed E-state index contributed by atoms with van der Waals surface area (Å²) in [5.41, 5.74) is 9.83. The minimum Gasteiger partial charge on any atom is -0.497 e. The van der Waals surface area contributed by atoms with E-state index >= 15 is 0 Å². The molecule has 3 nitrogen and oxygen atoms in total. The highest BCUT2D eigenvalue weighted by Gasteiger charge is 2.36. The number of aryl methyl sites for hydroxylation is 1. The van der Waals surface area contributed by atoms with Crippen LogP contribution in [0.3, 0.4) is 0 Å². The Balaban J connectivity index is 2.19. The van der Waals surface area contributed by atoms with Gasteiger partial charge in [-0.2, -0.15) is 0 Å². The molecule has 0 radical (unpaired) electrons. The van der Waals surface area contributed by atoms with Crippen LogP contribution in [0, 0.1) is 0 Å². The number of benzene rings is 2. The molecule has 1 aliphatic carbocycles. The van der Waals surface area contributed by atoms with Gasteiger partial charge in [-0.3, -0.25) is 0 Å². The highest BCUT2D eigenvalue weighted by molar-refractivity contribution is 5.51. The maximum Gasteiger partial charge on any atom is 0.124 e. The van der Waals surface area contributed by atoms with Crippen LogP contribution in [-0.4, -0.2) is 14.2 Å². The van der Waals surface area contributed by atoms with E-state index in [0.29, 0.717) is 0 Å². The van der Waals surface area contributed by atoms with E-state index in [0.717, 1.165) is 41.9 Å². The number of hydrogen-bond donors (Lipinski definition) is 1. The van der Waals surface area contributed by atoms with Gasteiger partial charge in [0.15, 0.2) is 0 Å². The zero-order valence-corrected chi connectivity index (χ0v) is 12.6. The monoisotopic (exact) mass is 283 g/mol. The molecule has 0 aromatic heterocycles. The zero-order valence-electron chi connectivity index (χ0n) is 12.6. The van der Waals surface area contributed by atoms with Gasteiger partial charge in [0.05, 0.1) is 19.8 Å². The Labute approximate surface area is 125 Å². The number of ether oxygens (including phenoxy) is 2. The topological polar surface area (TPSA) is 44.5 Å². The lowest BCUT2D eigenvalue weighted by Crippen LogP contribution is -2.41. The predicted octanol–water partition coefficient (Wildman–Crippen LogP) is 3.24. The Kier molecular flexibility index (Phi) is 3.60. The van der Waals surface area contributed by atoms with Gasteiger partial charge in [0.25, 0.3) is 0 Å². The Morgan fingerprint density at radius 2 is 1.81 bits per heavy atom. The van der Waals surface area contributed by atoms with Crippen molar-refractivity contribution in [2.75, 3.05) is 14.2 Å². The first-order valence-corrected chi connectivity index (χ1v) is 7.29. The summed E-state index contributed by atoms with van der Waals surface area (Å²) in [6, 6.07) is 14.2. The van der Waals surface area contributed by atoms with Crippen molar-refractivity contribution in [2.45, 2.75) is 24.8 Å². The summed E-state index contributed by atoms with van der Waals surface area (Å²) < 4.78 is 10.9. The molecular formula is C18H21NO2. The number of hydrogen-bond acceptors (Lipinski definition) is 3. The maximum absolute atomic E-state index is 6.86. The molecule has 1 atom stereocenters. The van der Waals surface area contributed by atoms with Crippen LogP contribution in [0.25, 0.3) is 0 Å². The van der Waals surface area contributed by atoms with Crippen molar-refractivity contribution < 1.29 is 9.47 Å². The van der Waals surface area contributed by atoms with Crippen LogP contribution in [0.5, 0.6) is 11.5 Å². The summed E-state index contributed by atoms with van der Waals surface area (Å²) in [7, 11) is 3.38. The highest BCUT2D eigenvalue weighted by atomic mass is 16.5. The van der Waals surface area contributed by atoms with Crippen molar-refractivity contribution >= 4 is 0 Å². The molecule has 0 saturated heterocycles. The van der Waals surface area contributed by atoms with Crippen molar-refractivity contribution in [3.05, 3.63) is 59.2 Å². The van der Waals surface area contributed by atoms with E-state index < -0.39 is 5.54 Å². The molecule has 0 aliphatic heterocycles. The molecule has 1 unspecified atom stereocenters. The molecule has 1 aliphatic rings. The Hall–Kier alpha value is -2.00. The Bertz CT molecular complexity index is 653. The first-order chi connectivity index (χ1) is 10.2. The molecule has 21 heavy (non-hydrogen) atoms. The van der Waals surface area contributed by atoms with Gasteiger partial charge in [0.1, 0.15) is 11.5 Å². The molecule has 2 N–H and O–H groups in total. The maximum atomic E-state index is 6.86. The normalized spacial score (nSPS) is 20.7. The van der Waals surface area contributed by atoms with E-state index in [9.17, 15) is 0 Å². The lowest BCUT2D eigenvalue weighted by molar-refractivity contribution is 0.375. The van der Waals surface area contributed by atoms with E-state index in [1.54, 1.807) is 14.2 Å². The molecule has 2 aromatic rings. The average molecular weight is 283 g/mol. The van der Waals surface area contributed by atoms with Gasteiger partial charge in [-0.1, -0.05) is 24.3 Å². The second kappa shape index (κ2) is 5.41. The second-order valence-electron chi connectivity index (χ2n) is 5.55. The lowest BCUT2D eigenvalue weighted by atomic mass is 9.73. The number of nitrogens with two attached hydrogens (primary N) is 1. The van der Waals surface area contributed by atoms with Crippen molar-refractivity contribution in [1.82, 2.24) is 0 Å². The van der Waals surface area contributed by atoms with Crippen LogP contribution < -0.4 is 15.2 Å². The lowest BCUT2D eigenvalue weighted by Gasteiger charge is -2.37. The highest BCUT2D eigenvalue weighted by Crippen LogP contribution is 2.43. The average Bonchev–Trinajstić information content (AvgIpc) is 2.55. The molecule has 0 bridgehead atoms. The van der Waals surface area contributed by atoms with Gasteiger partial charge in [-0.05, 0) is 48.6 Å². The van der Waals surface area contributed by atoms with E-state index in [4.69, 9.17) is 15.2 Å². The van der Waals surface area contributed by atoms with Crippen LogP contribution in [0.4, 0.5) is 0 Å². The molecule has 0 fully saturated rings. The van der Waals surface area contributed by atoms with Gasteiger partial charge >= 0.3 is 0 Å². The fraction of sp³-hybridized carbons (Fsp3) is 0.333. The fourth-order valence-corrected chi connectivity index (χ4v) is 3.30.